The van der Waals surface area contributed by atoms with Gasteiger partial charge < -0.3 is 10.6 Å². The molecule has 1 fully saturated rings. The molecule has 0 aliphatic heterocycles. The van der Waals surface area contributed by atoms with E-state index < -0.39 is 0 Å². The lowest BCUT2D eigenvalue weighted by atomic mass is 9.84. The predicted molar refractivity (Wildman–Crippen MR) is 82.5 cm³/mol. The van der Waals surface area contributed by atoms with Crippen molar-refractivity contribution in [3.63, 3.8) is 0 Å². The average Bonchev–Trinajstić information content (AvgIpc) is 2.49. The molecule has 1 aliphatic carbocycles. The monoisotopic (exact) mass is 260 g/mol. The molecular formula is C17H28N2. The van der Waals surface area contributed by atoms with E-state index in [4.69, 9.17) is 0 Å². The highest BCUT2D eigenvalue weighted by Crippen LogP contribution is 2.32. The van der Waals surface area contributed by atoms with Crippen LogP contribution in [-0.2, 0) is 6.54 Å². The van der Waals surface area contributed by atoms with Gasteiger partial charge in [-0.25, -0.2) is 0 Å². The highest BCUT2D eigenvalue weighted by Gasteiger charge is 2.14. The van der Waals surface area contributed by atoms with E-state index in [1.165, 1.54) is 44.1 Å². The van der Waals surface area contributed by atoms with Crippen molar-refractivity contribution in [2.24, 2.45) is 0 Å². The van der Waals surface area contributed by atoms with E-state index in [-0.39, 0.29) is 0 Å². The lowest BCUT2D eigenvalue weighted by Crippen LogP contribution is -2.19. The van der Waals surface area contributed by atoms with Gasteiger partial charge in [0.05, 0.1) is 0 Å². The van der Waals surface area contributed by atoms with E-state index >= 15 is 0 Å². The summed E-state index contributed by atoms with van der Waals surface area (Å²) in [6.45, 7) is 3.17. The summed E-state index contributed by atoms with van der Waals surface area (Å²) in [4.78, 5) is 0. The van der Waals surface area contributed by atoms with Crippen molar-refractivity contribution in [1.29, 1.82) is 0 Å². The molecule has 2 N–H and O–H groups in total. The molecule has 0 saturated heterocycles. The smallest absolute Gasteiger partial charge is 0.0205 e. The van der Waals surface area contributed by atoms with Crippen LogP contribution in [0.2, 0.25) is 0 Å². The fourth-order valence-electron chi connectivity index (χ4n) is 2.97. The molecule has 0 aromatic heterocycles. The van der Waals surface area contributed by atoms with E-state index in [1.807, 2.05) is 7.05 Å². The molecule has 1 aliphatic rings. The normalized spacial score (nSPS) is 16.7. The maximum atomic E-state index is 3.50. The molecule has 0 spiro atoms. The summed E-state index contributed by atoms with van der Waals surface area (Å²) in [6.07, 6.45) is 8.24. The number of rotatable bonds is 7. The van der Waals surface area contributed by atoms with Gasteiger partial charge in [0.2, 0.25) is 0 Å². The predicted octanol–water partition coefficient (Wildman–Crippen LogP) is 3.43. The van der Waals surface area contributed by atoms with Crippen LogP contribution in [0, 0.1) is 0 Å². The van der Waals surface area contributed by atoms with Crippen LogP contribution in [0.1, 0.15) is 55.6 Å². The molecule has 2 rings (SSSR count). The van der Waals surface area contributed by atoms with Crippen LogP contribution < -0.4 is 10.6 Å². The molecule has 0 bridgehead atoms. The van der Waals surface area contributed by atoms with Gasteiger partial charge in [0.1, 0.15) is 0 Å². The minimum Gasteiger partial charge on any atom is -0.320 e. The van der Waals surface area contributed by atoms with E-state index in [0.717, 1.165) is 25.6 Å². The molecule has 1 aromatic carbocycles. The Kier molecular flexibility index (Phi) is 6.38. The van der Waals surface area contributed by atoms with Gasteiger partial charge in [-0.05, 0) is 56.4 Å². The summed E-state index contributed by atoms with van der Waals surface area (Å²) < 4.78 is 0. The van der Waals surface area contributed by atoms with Gasteiger partial charge in [-0.1, -0.05) is 43.5 Å². The van der Waals surface area contributed by atoms with E-state index in [0.29, 0.717) is 0 Å². The van der Waals surface area contributed by atoms with Gasteiger partial charge >= 0.3 is 0 Å². The van der Waals surface area contributed by atoms with E-state index in [2.05, 4.69) is 34.9 Å². The molecular weight excluding hydrogens is 232 g/mol. The maximum absolute atomic E-state index is 3.50. The molecule has 2 nitrogen and oxygen atoms in total. The Labute approximate surface area is 118 Å². The van der Waals surface area contributed by atoms with Crippen molar-refractivity contribution in [3.05, 3.63) is 35.4 Å². The quantitative estimate of drug-likeness (QED) is 0.734. The van der Waals surface area contributed by atoms with Crippen molar-refractivity contribution in [2.75, 3.05) is 20.1 Å². The zero-order valence-electron chi connectivity index (χ0n) is 12.3. The van der Waals surface area contributed by atoms with Gasteiger partial charge in [0.15, 0.2) is 0 Å². The lowest BCUT2D eigenvalue weighted by Gasteiger charge is -2.22. The van der Waals surface area contributed by atoms with Crippen molar-refractivity contribution in [1.82, 2.24) is 10.6 Å². The Hall–Kier alpha value is -0.860. The van der Waals surface area contributed by atoms with Crippen molar-refractivity contribution >= 4 is 0 Å². The summed E-state index contributed by atoms with van der Waals surface area (Å²) in [7, 11) is 2.00. The van der Waals surface area contributed by atoms with Gasteiger partial charge in [-0.15, -0.1) is 0 Å². The van der Waals surface area contributed by atoms with Gasteiger partial charge in [0, 0.05) is 6.54 Å². The Balaban J connectivity index is 1.74. The van der Waals surface area contributed by atoms with Crippen LogP contribution >= 0.6 is 0 Å². The van der Waals surface area contributed by atoms with Crippen molar-refractivity contribution < 1.29 is 0 Å². The number of nitrogens with one attached hydrogen (secondary N) is 2. The Bertz CT molecular complexity index is 339. The van der Waals surface area contributed by atoms with E-state index in [1.54, 1.807) is 5.56 Å². The summed E-state index contributed by atoms with van der Waals surface area (Å²) in [5.74, 6) is 0.825. The lowest BCUT2D eigenvalue weighted by molar-refractivity contribution is 0.443. The van der Waals surface area contributed by atoms with Crippen LogP contribution in [0.15, 0.2) is 24.3 Å². The van der Waals surface area contributed by atoms with E-state index in [9.17, 15) is 0 Å². The standard InChI is InChI=1S/C17H28N2/c1-18-12-5-13-19-14-15-8-10-17(11-9-15)16-6-3-2-4-7-16/h8-11,16,18-19H,2-7,12-14H2,1H3. The second kappa shape index (κ2) is 8.34. The zero-order valence-corrected chi connectivity index (χ0v) is 12.3. The first-order valence-electron chi connectivity index (χ1n) is 7.84. The van der Waals surface area contributed by atoms with Gasteiger partial charge in [-0.2, -0.15) is 0 Å². The highest BCUT2D eigenvalue weighted by molar-refractivity contribution is 5.25. The molecule has 0 unspecified atom stereocenters. The molecule has 0 radical (unpaired) electrons. The minimum atomic E-state index is 0.825. The first kappa shape index (κ1) is 14.5. The summed E-state index contributed by atoms with van der Waals surface area (Å²) in [5, 5.41) is 6.67. The van der Waals surface area contributed by atoms with Crippen LogP contribution in [0.25, 0.3) is 0 Å². The number of hydrogen-bond acceptors (Lipinski definition) is 2. The number of benzene rings is 1. The Morgan fingerprint density at radius 1 is 1.00 bits per heavy atom. The van der Waals surface area contributed by atoms with Crippen LogP contribution in [0.4, 0.5) is 0 Å². The first-order valence-corrected chi connectivity index (χ1v) is 7.84. The molecule has 0 heterocycles. The van der Waals surface area contributed by atoms with Crippen LogP contribution in [-0.4, -0.2) is 20.1 Å². The zero-order chi connectivity index (χ0) is 13.3. The highest BCUT2D eigenvalue weighted by atomic mass is 14.9. The summed E-state index contributed by atoms with van der Waals surface area (Å²) in [5.41, 5.74) is 2.96. The topological polar surface area (TPSA) is 24.1 Å². The molecule has 1 aromatic rings. The van der Waals surface area contributed by atoms with Crippen LogP contribution in [0.3, 0.4) is 0 Å². The fraction of sp³-hybridized carbons (Fsp3) is 0.647. The maximum Gasteiger partial charge on any atom is 0.0205 e. The summed E-state index contributed by atoms with van der Waals surface area (Å²) >= 11 is 0. The third-order valence-corrected chi connectivity index (χ3v) is 4.17. The van der Waals surface area contributed by atoms with Gasteiger partial charge in [0.25, 0.3) is 0 Å². The second-order valence-electron chi connectivity index (χ2n) is 5.71. The Morgan fingerprint density at radius 3 is 2.42 bits per heavy atom. The van der Waals surface area contributed by atoms with Crippen molar-refractivity contribution in [2.45, 2.75) is 51.0 Å². The number of hydrogen-bond donors (Lipinski definition) is 2. The van der Waals surface area contributed by atoms with Gasteiger partial charge in [-0.3, -0.25) is 0 Å². The third kappa shape index (κ3) is 4.96. The average molecular weight is 260 g/mol. The first-order chi connectivity index (χ1) is 9.40. The fourth-order valence-corrected chi connectivity index (χ4v) is 2.97. The largest absolute Gasteiger partial charge is 0.320 e. The third-order valence-electron chi connectivity index (χ3n) is 4.17. The molecule has 2 heteroatoms. The summed E-state index contributed by atoms with van der Waals surface area (Å²) in [6, 6.07) is 9.30. The molecule has 0 atom stereocenters. The second-order valence-corrected chi connectivity index (χ2v) is 5.71. The SMILES string of the molecule is CNCCCNCc1ccc(C2CCCCC2)cc1. The molecule has 19 heavy (non-hydrogen) atoms. The Morgan fingerprint density at radius 2 is 1.74 bits per heavy atom. The molecule has 0 amide bonds. The van der Waals surface area contributed by atoms with Crippen LogP contribution in [0.5, 0.6) is 0 Å². The molecule has 106 valence electrons. The van der Waals surface area contributed by atoms with Crippen molar-refractivity contribution in [3.8, 4) is 0 Å². The minimum absolute atomic E-state index is 0.825. The molecule has 1 saturated carbocycles.